The lowest BCUT2D eigenvalue weighted by molar-refractivity contribution is -0.113. The van der Waals surface area contributed by atoms with Crippen molar-refractivity contribution in [2.75, 3.05) is 11.1 Å². The first-order valence-corrected chi connectivity index (χ1v) is 7.57. The fourth-order valence-electron chi connectivity index (χ4n) is 1.37. The Bertz CT molecular complexity index is 533. The van der Waals surface area contributed by atoms with Crippen molar-refractivity contribution in [3.63, 3.8) is 0 Å². The molecule has 0 saturated heterocycles. The van der Waals surface area contributed by atoms with E-state index in [9.17, 15) is 4.79 Å². The van der Waals surface area contributed by atoms with E-state index in [2.05, 4.69) is 31.2 Å². The molecule has 0 spiro atoms. The molecule has 2 aromatic rings. The Morgan fingerprint density at radius 1 is 1.32 bits per heavy atom. The summed E-state index contributed by atoms with van der Waals surface area (Å²) in [7, 11) is 0. The van der Waals surface area contributed by atoms with Gasteiger partial charge < -0.3 is 5.32 Å². The summed E-state index contributed by atoms with van der Waals surface area (Å²) in [6.45, 7) is 0. The lowest BCUT2D eigenvalue weighted by Crippen LogP contribution is -2.15. The van der Waals surface area contributed by atoms with Crippen molar-refractivity contribution in [3.8, 4) is 0 Å². The van der Waals surface area contributed by atoms with Crippen LogP contribution in [-0.4, -0.2) is 21.6 Å². The molecule has 0 atom stereocenters. The van der Waals surface area contributed by atoms with Gasteiger partial charge in [0.2, 0.25) is 5.91 Å². The van der Waals surface area contributed by atoms with E-state index in [4.69, 9.17) is 0 Å². The largest absolute Gasteiger partial charge is 0.310 e. The number of halogens is 1. The molecular formula is C13H12BrN3OS. The van der Waals surface area contributed by atoms with Crippen LogP contribution in [0.15, 0.2) is 47.3 Å². The zero-order valence-corrected chi connectivity index (χ0v) is 12.4. The van der Waals surface area contributed by atoms with Crippen LogP contribution < -0.4 is 5.32 Å². The van der Waals surface area contributed by atoms with Crippen LogP contribution in [-0.2, 0) is 10.5 Å². The van der Waals surface area contributed by atoms with Crippen LogP contribution >= 0.6 is 27.7 Å². The van der Waals surface area contributed by atoms with Gasteiger partial charge in [-0.05, 0) is 39.7 Å². The summed E-state index contributed by atoms with van der Waals surface area (Å²) >= 11 is 4.84. The molecule has 0 fully saturated rings. The predicted octanol–water partition coefficient (Wildman–Crippen LogP) is 3.11. The number of thioether (sulfide) groups is 1. The number of aromatic nitrogens is 2. The number of rotatable bonds is 5. The number of nitrogens with zero attached hydrogens (tertiary/aromatic N) is 2. The highest BCUT2D eigenvalue weighted by Gasteiger charge is 2.03. The molecule has 98 valence electrons. The molecular weight excluding hydrogens is 326 g/mol. The normalized spacial score (nSPS) is 10.2. The van der Waals surface area contributed by atoms with E-state index in [-0.39, 0.29) is 5.91 Å². The van der Waals surface area contributed by atoms with Crippen LogP contribution in [0.4, 0.5) is 5.82 Å². The molecule has 0 radical (unpaired) electrons. The number of hydrogen-bond acceptors (Lipinski definition) is 4. The average molecular weight is 338 g/mol. The van der Waals surface area contributed by atoms with Gasteiger partial charge >= 0.3 is 0 Å². The minimum Gasteiger partial charge on any atom is -0.310 e. The van der Waals surface area contributed by atoms with E-state index in [0.717, 1.165) is 15.8 Å². The van der Waals surface area contributed by atoms with Gasteiger partial charge in [0.05, 0.1) is 5.75 Å². The summed E-state index contributed by atoms with van der Waals surface area (Å²) in [5, 5.41) is 2.75. The van der Waals surface area contributed by atoms with E-state index in [0.29, 0.717) is 11.6 Å². The van der Waals surface area contributed by atoms with Crippen LogP contribution in [0, 0.1) is 0 Å². The SMILES string of the molecule is O=C(CSCc1cccnc1)Nc1ccc(Br)cn1. The molecule has 0 saturated carbocycles. The molecule has 6 heteroatoms. The van der Waals surface area contributed by atoms with Crippen molar-refractivity contribution in [1.29, 1.82) is 0 Å². The van der Waals surface area contributed by atoms with E-state index in [1.165, 1.54) is 0 Å². The average Bonchev–Trinajstić information content (AvgIpc) is 2.43. The highest BCUT2D eigenvalue weighted by Crippen LogP contribution is 2.13. The molecule has 2 aromatic heterocycles. The lowest BCUT2D eigenvalue weighted by atomic mass is 10.3. The van der Waals surface area contributed by atoms with Crippen molar-refractivity contribution in [1.82, 2.24) is 9.97 Å². The molecule has 0 unspecified atom stereocenters. The minimum atomic E-state index is -0.0521. The van der Waals surface area contributed by atoms with Gasteiger partial charge in [-0.3, -0.25) is 9.78 Å². The third kappa shape index (κ3) is 5.00. The number of hydrogen-bond donors (Lipinski definition) is 1. The number of carbonyl (C=O) groups excluding carboxylic acids is 1. The Balaban J connectivity index is 1.74. The molecule has 0 aliphatic carbocycles. The van der Waals surface area contributed by atoms with Crippen molar-refractivity contribution in [3.05, 3.63) is 52.9 Å². The molecule has 19 heavy (non-hydrogen) atoms. The molecule has 4 nitrogen and oxygen atoms in total. The zero-order valence-electron chi connectivity index (χ0n) is 10.0. The fraction of sp³-hybridized carbons (Fsp3) is 0.154. The summed E-state index contributed by atoms with van der Waals surface area (Å²) in [4.78, 5) is 19.8. The maximum Gasteiger partial charge on any atom is 0.235 e. The lowest BCUT2D eigenvalue weighted by Gasteiger charge is -2.04. The third-order valence-electron chi connectivity index (χ3n) is 2.22. The smallest absolute Gasteiger partial charge is 0.235 e. The van der Waals surface area contributed by atoms with E-state index in [1.54, 1.807) is 36.4 Å². The Hall–Kier alpha value is -1.40. The second-order valence-corrected chi connectivity index (χ2v) is 5.67. The van der Waals surface area contributed by atoms with Gasteiger partial charge in [-0.25, -0.2) is 4.98 Å². The third-order valence-corrected chi connectivity index (χ3v) is 3.69. The summed E-state index contributed by atoms with van der Waals surface area (Å²) in [6.07, 6.45) is 5.19. The topological polar surface area (TPSA) is 54.9 Å². The van der Waals surface area contributed by atoms with Gasteiger partial charge in [-0.2, -0.15) is 0 Å². The van der Waals surface area contributed by atoms with E-state index >= 15 is 0 Å². The number of carbonyl (C=O) groups is 1. The van der Waals surface area contributed by atoms with Gasteiger partial charge in [0.1, 0.15) is 5.82 Å². The van der Waals surface area contributed by atoms with Crippen LogP contribution in [0.3, 0.4) is 0 Å². The van der Waals surface area contributed by atoms with Crippen molar-refractivity contribution in [2.45, 2.75) is 5.75 Å². The minimum absolute atomic E-state index is 0.0521. The Morgan fingerprint density at radius 2 is 2.21 bits per heavy atom. The number of amides is 1. The van der Waals surface area contributed by atoms with Crippen LogP contribution in [0.5, 0.6) is 0 Å². The predicted molar refractivity (Wildman–Crippen MR) is 81.0 cm³/mol. The second-order valence-electron chi connectivity index (χ2n) is 3.76. The fourth-order valence-corrected chi connectivity index (χ4v) is 2.37. The highest BCUT2D eigenvalue weighted by molar-refractivity contribution is 9.10. The molecule has 0 aliphatic rings. The molecule has 2 rings (SSSR count). The van der Waals surface area contributed by atoms with Crippen molar-refractivity contribution < 1.29 is 4.79 Å². The second kappa shape index (κ2) is 7.25. The van der Waals surface area contributed by atoms with Crippen LogP contribution in [0.2, 0.25) is 0 Å². The number of nitrogens with one attached hydrogen (secondary N) is 1. The number of pyridine rings is 2. The first kappa shape index (κ1) is 14.0. The Labute approximate surface area is 124 Å². The van der Waals surface area contributed by atoms with Crippen LogP contribution in [0.1, 0.15) is 5.56 Å². The van der Waals surface area contributed by atoms with Crippen molar-refractivity contribution >= 4 is 39.4 Å². The maximum absolute atomic E-state index is 11.7. The monoisotopic (exact) mass is 337 g/mol. The summed E-state index contributed by atoms with van der Waals surface area (Å²) in [5.74, 6) is 1.68. The van der Waals surface area contributed by atoms with Gasteiger partial charge in [0.25, 0.3) is 0 Å². The van der Waals surface area contributed by atoms with Crippen LogP contribution in [0.25, 0.3) is 0 Å². The molecule has 1 amide bonds. The quantitative estimate of drug-likeness (QED) is 0.910. The van der Waals surface area contributed by atoms with E-state index in [1.807, 2.05) is 18.2 Å². The van der Waals surface area contributed by atoms with Crippen molar-refractivity contribution in [2.24, 2.45) is 0 Å². The van der Waals surface area contributed by atoms with E-state index < -0.39 is 0 Å². The van der Waals surface area contributed by atoms with Gasteiger partial charge in [-0.15, -0.1) is 11.8 Å². The summed E-state index contributed by atoms with van der Waals surface area (Å²) in [5.41, 5.74) is 1.11. The molecule has 0 bridgehead atoms. The number of anilines is 1. The Kier molecular flexibility index (Phi) is 5.35. The first-order chi connectivity index (χ1) is 9.24. The van der Waals surface area contributed by atoms with Gasteiger partial charge in [-0.1, -0.05) is 6.07 Å². The molecule has 0 aromatic carbocycles. The zero-order chi connectivity index (χ0) is 13.5. The molecule has 1 N–H and O–H groups in total. The molecule has 0 aliphatic heterocycles. The summed E-state index contributed by atoms with van der Waals surface area (Å²) < 4.78 is 0.886. The maximum atomic E-state index is 11.7. The standard InChI is InChI=1S/C13H12BrN3OS/c14-11-3-4-12(16-7-11)17-13(18)9-19-8-10-2-1-5-15-6-10/h1-7H,8-9H2,(H,16,17,18). The van der Waals surface area contributed by atoms with Gasteiger partial charge in [0, 0.05) is 28.8 Å². The van der Waals surface area contributed by atoms with Gasteiger partial charge in [0.15, 0.2) is 0 Å². The Morgan fingerprint density at radius 3 is 2.89 bits per heavy atom. The highest BCUT2D eigenvalue weighted by atomic mass is 79.9. The molecule has 2 heterocycles. The first-order valence-electron chi connectivity index (χ1n) is 5.62. The summed E-state index contributed by atoms with van der Waals surface area (Å²) in [6, 6.07) is 7.48.